The van der Waals surface area contributed by atoms with E-state index in [0.29, 0.717) is 16.8 Å². The van der Waals surface area contributed by atoms with E-state index in [1.807, 2.05) is 0 Å². The summed E-state index contributed by atoms with van der Waals surface area (Å²) >= 11 is 0. The van der Waals surface area contributed by atoms with Crippen LogP contribution in [-0.2, 0) is 11.3 Å². The van der Waals surface area contributed by atoms with Gasteiger partial charge in [-0.2, -0.15) is 0 Å². The molecule has 0 aliphatic heterocycles. The van der Waals surface area contributed by atoms with E-state index < -0.39 is 5.76 Å². The second-order valence-electron chi connectivity index (χ2n) is 5.20. The zero-order valence-electron chi connectivity index (χ0n) is 11.1. The maximum atomic E-state index is 12.0. The van der Waals surface area contributed by atoms with Crippen LogP contribution in [0.3, 0.4) is 0 Å². The fourth-order valence-electron chi connectivity index (χ4n) is 2.78. The number of rotatable bonds is 3. The number of oxazole rings is 1. The highest BCUT2D eigenvalue weighted by molar-refractivity contribution is 5.87. The predicted molar refractivity (Wildman–Crippen MR) is 75.3 cm³/mol. The van der Waals surface area contributed by atoms with Gasteiger partial charge in [0.2, 0.25) is 5.91 Å². The van der Waals surface area contributed by atoms with Crippen molar-refractivity contribution in [2.45, 2.75) is 38.3 Å². The molecular weight excluding hydrogens is 258 g/mol. The lowest BCUT2D eigenvalue weighted by molar-refractivity contribution is -0.122. The minimum absolute atomic E-state index is 0.0590. The van der Waals surface area contributed by atoms with Crippen LogP contribution in [0.15, 0.2) is 27.4 Å². The van der Waals surface area contributed by atoms with Gasteiger partial charge in [-0.05, 0) is 25.0 Å². The summed E-state index contributed by atoms with van der Waals surface area (Å²) < 4.78 is 6.38. The van der Waals surface area contributed by atoms with E-state index in [2.05, 4.69) is 5.32 Å². The number of anilines is 1. The lowest BCUT2D eigenvalue weighted by atomic mass is 10.2. The molecule has 1 aromatic heterocycles. The normalized spacial score (nSPS) is 15.8. The van der Waals surface area contributed by atoms with E-state index >= 15 is 0 Å². The molecule has 1 amide bonds. The molecule has 1 aliphatic carbocycles. The summed E-state index contributed by atoms with van der Waals surface area (Å²) in [7, 11) is 0. The topological polar surface area (TPSA) is 90.3 Å². The highest BCUT2D eigenvalue weighted by atomic mass is 16.4. The first kappa shape index (κ1) is 12.8. The number of aromatic nitrogens is 1. The lowest BCUT2D eigenvalue weighted by Crippen LogP contribution is -2.36. The molecule has 0 spiro atoms. The Morgan fingerprint density at radius 2 is 2.15 bits per heavy atom. The van der Waals surface area contributed by atoms with Crippen molar-refractivity contribution in [1.82, 2.24) is 9.88 Å². The van der Waals surface area contributed by atoms with Crippen molar-refractivity contribution in [1.29, 1.82) is 0 Å². The summed E-state index contributed by atoms with van der Waals surface area (Å²) in [5.41, 5.74) is 7.18. The van der Waals surface area contributed by atoms with E-state index in [0.717, 1.165) is 25.7 Å². The average molecular weight is 275 g/mol. The molecule has 6 heteroatoms. The molecule has 0 radical (unpaired) electrons. The third kappa shape index (κ3) is 2.29. The Morgan fingerprint density at radius 3 is 2.90 bits per heavy atom. The van der Waals surface area contributed by atoms with Gasteiger partial charge in [-0.15, -0.1) is 0 Å². The van der Waals surface area contributed by atoms with Crippen molar-refractivity contribution >= 4 is 22.7 Å². The maximum absolute atomic E-state index is 12.0. The van der Waals surface area contributed by atoms with Crippen LogP contribution in [0, 0.1) is 0 Å². The summed E-state index contributed by atoms with van der Waals surface area (Å²) in [5.74, 6) is -0.732. The van der Waals surface area contributed by atoms with Crippen molar-refractivity contribution in [3.05, 3.63) is 28.7 Å². The number of hydrogen-bond acceptors (Lipinski definition) is 4. The first-order valence-electron chi connectivity index (χ1n) is 6.82. The van der Waals surface area contributed by atoms with E-state index in [9.17, 15) is 9.59 Å². The molecule has 1 saturated carbocycles. The molecule has 1 aromatic carbocycles. The molecule has 0 atom stereocenters. The monoisotopic (exact) mass is 275 g/mol. The number of carbonyl (C=O) groups excluding carboxylic acids is 1. The van der Waals surface area contributed by atoms with Crippen LogP contribution in [0.4, 0.5) is 5.69 Å². The molecule has 0 saturated heterocycles. The molecule has 20 heavy (non-hydrogen) atoms. The number of nitrogens with one attached hydrogen (secondary N) is 1. The van der Waals surface area contributed by atoms with Crippen LogP contribution in [-0.4, -0.2) is 16.5 Å². The molecule has 3 N–H and O–H groups in total. The maximum Gasteiger partial charge on any atom is 0.420 e. The van der Waals surface area contributed by atoms with Gasteiger partial charge in [0.15, 0.2) is 5.58 Å². The molecule has 1 aliphatic rings. The van der Waals surface area contributed by atoms with Gasteiger partial charge in [0, 0.05) is 6.04 Å². The minimum Gasteiger partial charge on any atom is -0.408 e. The second kappa shape index (κ2) is 5.03. The van der Waals surface area contributed by atoms with Crippen molar-refractivity contribution in [3.63, 3.8) is 0 Å². The van der Waals surface area contributed by atoms with Gasteiger partial charge in [0.25, 0.3) is 0 Å². The quantitative estimate of drug-likeness (QED) is 0.824. The number of carbonyl (C=O) groups is 1. The van der Waals surface area contributed by atoms with Crippen molar-refractivity contribution in [2.24, 2.45) is 0 Å². The number of benzene rings is 1. The van der Waals surface area contributed by atoms with Crippen LogP contribution in [0.5, 0.6) is 0 Å². The Morgan fingerprint density at radius 1 is 1.40 bits per heavy atom. The van der Waals surface area contributed by atoms with Gasteiger partial charge in [0.05, 0.1) is 5.69 Å². The molecule has 3 rings (SSSR count). The number of fused-ring (bicyclic) bond motifs is 1. The lowest BCUT2D eigenvalue weighted by Gasteiger charge is -2.12. The molecule has 1 heterocycles. The Kier molecular flexibility index (Phi) is 3.22. The van der Waals surface area contributed by atoms with Gasteiger partial charge in [0.1, 0.15) is 12.1 Å². The summed E-state index contributed by atoms with van der Waals surface area (Å²) in [4.78, 5) is 23.8. The SMILES string of the molecule is Nc1cccc2oc(=O)n(CC(=O)NC3CCCC3)c12. The van der Waals surface area contributed by atoms with E-state index in [4.69, 9.17) is 10.2 Å². The number of nitrogens with zero attached hydrogens (tertiary/aromatic N) is 1. The minimum atomic E-state index is -0.556. The smallest absolute Gasteiger partial charge is 0.408 e. The Labute approximate surface area is 115 Å². The first-order valence-corrected chi connectivity index (χ1v) is 6.82. The fraction of sp³-hybridized carbons (Fsp3) is 0.429. The second-order valence-corrected chi connectivity index (χ2v) is 5.20. The van der Waals surface area contributed by atoms with Crippen LogP contribution in [0.1, 0.15) is 25.7 Å². The van der Waals surface area contributed by atoms with Gasteiger partial charge in [-0.25, -0.2) is 4.79 Å². The van der Waals surface area contributed by atoms with Crippen LogP contribution in [0.2, 0.25) is 0 Å². The predicted octanol–water partition coefficient (Wildman–Crippen LogP) is 1.24. The molecule has 106 valence electrons. The summed E-state index contributed by atoms with van der Waals surface area (Å²) in [6.07, 6.45) is 4.31. The van der Waals surface area contributed by atoms with Gasteiger partial charge >= 0.3 is 5.76 Å². The summed E-state index contributed by atoms with van der Waals surface area (Å²) in [5, 5.41) is 2.95. The highest BCUT2D eigenvalue weighted by Crippen LogP contribution is 2.20. The molecular formula is C14H17N3O3. The standard InChI is InChI=1S/C14H17N3O3/c15-10-6-3-7-11-13(10)17(14(19)20-11)8-12(18)16-9-4-1-2-5-9/h3,6-7,9H,1-2,4-5,8,15H2,(H,16,18). The van der Waals surface area contributed by atoms with Crippen LogP contribution >= 0.6 is 0 Å². The molecule has 1 fully saturated rings. The van der Waals surface area contributed by atoms with Gasteiger partial charge in [-0.1, -0.05) is 18.9 Å². The Hall–Kier alpha value is -2.24. The van der Waals surface area contributed by atoms with E-state index in [-0.39, 0.29) is 18.5 Å². The van der Waals surface area contributed by atoms with Crippen molar-refractivity contribution in [3.8, 4) is 0 Å². The third-order valence-electron chi connectivity index (χ3n) is 3.74. The molecule has 6 nitrogen and oxygen atoms in total. The summed E-state index contributed by atoms with van der Waals surface area (Å²) in [6.45, 7) is -0.0590. The largest absolute Gasteiger partial charge is 0.420 e. The first-order chi connectivity index (χ1) is 9.65. The van der Waals surface area contributed by atoms with E-state index in [1.54, 1.807) is 18.2 Å². The average Bonchev–Trinajstić information content (AvgIpc) is 2.99. The zero-order valence-corrected chi connectivity index (χ0v) is 11.1. The number of amides is 1. The van der Waals surface area contributed by atoms with Gasteiger partial charge in [-0.3, -0.25) is 9.36 Å². The highest BCUT2D eigenvalue weighted by Gasteiger charge is 2.19. The number of para-hydroxylation sites is 1. The number of nitrogen functional groups attached to an aromatic ring is 1. The van der Waals surface area contributed by atoms with Crippen LogP contribution in [0.25, 0.3) is 11.1 Å². The fourth-order valence-corrected chi connectivity index (χ4v) is 2.78. The van der Waals surface area contributed by atoms with Crippen molar-refractivity contribution in [2.75, 3.05) is 5.73 Å². The van der Waals surface area contributed by atoms with Gasteiger partial charge < -0.3 is 15.5 Å². The molecule has 2 aromatic rings. The zero-order chi connectivity index (χ0) is 14.1. The third-order valence-corrected chi connectivity index (χ3v) is 3.74. The molecule has 0 bridgehead atoms. The van der Waals surface area contributed by atoms with Crippen molar-refractivity contribution < 1.29 is 9.21 Å². The Bertz CT molecular complexity index is 695. The molecule has 0 unspecified atom stereocenters. The summed E-state index contributed by atoms with van der Waals surface area (Å²) in [6, 6.07) is 5.29. The number of hydrogen-bond donors (Lipinski definition) is 2. The number of nitrogens with two attached hydrogens (primary N) is 1. The van der Waals surface area contributed by atoms with Crippen LogP contribution < -0.4 is 16.8 Å². The Balaban J connectivity index is 1.85. The van der Waals surface area contributed by atoms with E-state index in [1.165, 1.54) is 4.57 Å².